The van der Waals surface area contributed by atoms with Crippen molar-refractivity contribution in [1.29, 1.82) is 0 Å². The van der Waals surface area contributed by atoms with E-state index in [2.05, 4.69) is 26.1 Å². The van der Waals surface area contributed by atoms with Crippen molar-refractivity contribution in [3.05, 3.63) is 35.6 Å². The van der Waals surface area contributed by atoms with Crippen molar-refractivity contribution in [2.45, 2.75) is 46.1 Å². The predicted molar refractivity (Wildman–Crippen MR) is 71.6 cm³/mol. The third-order valence-corrected chi connectivity index (χ3v) is 2.93. The fourth-order valence-corrected chi connectivity index (χ4v) is 1.92. The summed E-state index contributed by atoms with van der Waals surface area (Å²) < 4.78 is 13.4. The highest BCUT2D eigenvalue weighted by Gasteiger charge is 2.06. The third-order valence-electron chi connectivity index (χ3n) is 2.93. The Morgan fingerprint density at radius 3 is 2.53 bits per heavy atom. The van der Waals surface area contributed by atoms with Crippen LogP contribution in [0.2, 0.25) is 0 Å². The van der Waals surface area contributed by atoms with Crippen LogP contribution in [0.3, 0.4) is 0 Å². The molecule has 0 aromatic heterocycles. The van der Waals surface area contributed by atoms with Gasteiger partial charge in [0.2, 0.25) is 0 Å². The normalized spacial score (nSPS) is 13.0. The van der Waals surface area contributed by atoms with Crippen molar-refractivity contribution in [3.63, 3.8) is 0 Å². The second kappa shape index (κ2) is 7.44. The number of hydrogen-bond donors (Lipinski definition) is 1. The monoisotopic (exact) mass is 237 g/mol. The molecular formula is C15H24FN. The Balaban J connectivity index is 2.25. The minimum Gasteiger partial charge on any atom is -0.314 e. The van der Waals surface area contributed by atoms with Gasteiger partial charge in [-0.15, -0.1) is 0 Å². The number of benzene rings is 1. The van der Waals surface area contributed by atoms with Crippen molar-refractivity contribution in [2.75, 3.05) is 6.54 Å². The van der Waals surface area contributed by atoms with Crippen LogP contribution in [0.5, 0.6) is 0 Å². The summed E-state index contributed by atoms with van der Waals surface area (Å²) in [5, 5.41) is 3.45. The number of rotatable bonds is 7. The Morgan fingerprint density at radius 2 is 1.88 bits per heavy atom. The van der Waals surface area contributed by atoms with Crippen molar-refractivity contribution in [3.8, 4) is 0 Å². The van der Waals surface area contributed by atoms with Gasteiger partial charge in [0.1, 0.15) is 5.82 Å². The van der Waals surface area contributed by atoms with E-state index < -0.39 is 0 Å². The maximum Gasteiger partial charge on any atom is 0.126 e. The van der Waals surface area contributed by atoms with Crippen LogP contribution in [0.1, 0.15) is 39.2 Å². The van der Waals surface area contributed by atoms with Crippen LogP contribution in [-0.2, 0) is 6.42 Å². The molecule has 0 radical (unpaired) electrons. The van der Waals surface area contributed by atoms with E-state index in [1.807, 2.05) is 12.1 Å². The lowest BCUT2D eigenvalue weighted by Gasteiger charge is -2.14. The van der Waals surface area contributed by atoms with Crippen LogP contribution >= 0.6 is 0 Å². The molecule has 1 nitrogen and oxygen atoms in total. The lowest BCUT2D eigenvalue weighted by molar-refractivity contribution is 0.481. The van der Waals surface area contributed by atoms with E-state index in [0.29, 0.717) is 6.04 Å². The standard InChI is InChI=1S/C15H24FN/c1-12(2)7-6-10-17-13(3)11-14-8-4-5-9-15(14)16/h4-5,8-9,12-13,17H,6-7,10-11H2,1-3H3. The SMILES string of the molecule is CC(C)CCCNC(C)Cc1ccccc1F. The summed E-state index contributed by atoms with van der Waals surface area (Å²) in [6.45, 7) is 7.61. The molecule has 0 aliphatic rings. The van der Waals surface area contributed by atoms with Gasteiger partial charge in [0.25, 0.3) is 0 Å². The molecule has 1 unspecified atom stereocenters. The summed E-state index contributed by atoms with van der Waals surface area (Å²) in [6.07, 6.45) is 3.20. The van der Waals surface area contributed by atoms with E-state index in [1.54, 1.807) is 6.07 Å². The van der Waals surface area contributed by atoms with Crippen LogP contribution < -0.4 is 5.32 Å². The first-order valence-corrected chi connectivity index (χ1v) is 6.56. The van der Waals surface area contributed by atoms with Crippen molar-refractivity contribution < 1.29 is 4.39 Å². The van der Waals surface area contributed by atoms with Crippen LogP contribution in [0.15, 0.2) is 24.3 Å². The van der Waals surface area contributed by atoms with Crippen LogP contribution in [0.25, 0.3) is 0 Å². The second-order valence-electron chi connectivity index (χ2n) is 5.19. The maximum atomic E-state index is 13.4. The molecule has 0 amide bonds. The van der Waals surface area contributed by atoms with Gasteiger partial charge in [-0.05, 0) is 50.3 Å². The molecule has 0 aliphatic heterocycles. The summed E-state index contributed by atoms with van der Waals surface area (Å²) in [4.78, 5) is 0. The number of halogens is 1. The van der Waals surface area contributed by atoms with Gasteiger partial charge in [-0.2, -0.15) is 0 Å². The van der Waals surface area contributed by atoms with E-state index in [-0.39, 0.29) is 5.82 Å². The van der Waals surface area contributed by atoms with Gasteiger partial charge >= 0.3 is 0 Å². The summed E-state index contributed by atoms with van der Waals surface area (Å²) in [5.74, 6) is 0.669. The fourth-order valence-electron chi connectivity index (χ4n) is 1.92. The largest absolute Gasteiger partial charge is 0.314 e. The van der Waals surface area contributed by atoms with Gasteiger partial charge in [-0.3, -0.25) is 0 Å². The Morgan fingerprint density at radius 1 is 1.18 bits per heavy atom. The van der Waals surface area contributed by atoms with Gasteiger partial charge in [0.15, 0.2) is 0 Å². The molecule has 2 heteroatoms. The fraction of sp³-hybridized carbons (Fsp3) is 0.600. The summed E-state index contributed by atoms with van der Waals surface area (Å²) in [5.41, 5.74) is 0.802. The van der Waals surface area contributed by atoms with Crippen LogP contribution in [-0.4, -0.2) is 12.6 Å². The van der Waals surface area contributed by atoms with Gasteiger partial charge in [-0.25, -0.2) is 4.39 Å². The summed E-state index contributed by atoms with van der Waals surface area (Å²) in [7, 11) is 0. The highest BCUT2D eigenvalue weighted by atomic mass is 19.1. The Kier molecular flexibility index (Phi) is 6.20. The Labute approximate surface area is 104 Å². The van der Waals surface area contributed by atoms with Crippen LogP contribution in [0.4, 0.5) is 4.39 Å². The van der Waals surface area contributed by atoms with E-state index in [9.17, 15) is 4.39 Å². The molecule has 1 aromatic rings. The topological polar surface area (TPSA) is 12.0 Å². The second-order valence-corrected chi connectivity index (χ2v) is 5.19. The van der Waals surface area contributed by atoms with Gasteiger partial charge in [0.05, 0.1) is 0 Å². The van der Waals surface area contributed by atoms with Crippen molar-refractivity contribution >= 4 is 0 Å². The quantitative estimate of drug-likeness (QED) is 0.712. The first-order chi connectivity index (χ1) is 8.09. The molecule has 0 fully saturated rings. The zero-order chi connectivity index (χ0) is 12.7. The first-order valence-electron chi connectivity index (χ1n) is 6.56. The third kappa shape index (κ3) is 5.83. The van der Waals surface area contributed by atoms with E-state index in [4.69, 9.17) is 0 Å². The molecule has 0 heterocycles. The average Bonchev–Trinajstić information content (AvgIpc) is 2.27. The maximum absolute atomic E-state index is 13.4. The van der Waals surface area contributed by atoms with E-state index in [1.165, 1.54) is 18.9 Å². The molecule has 1 rings (SSSR count). The molecule has 96 valence electrons. The van der Waals surface area contributed by atoms with Crippen molar-refractivity contribution in [2.24, 2.45) is 5.92 Å². The van der Waals surface area contributed by atoms with Gasteiger partial charge in [-0.1, -0.05) is 32.0 Å². The Hall–Kier alpha value is -0.890. The molecule has 17 heavy (non-hydrogen) atoms. The minimum absolute atomic E-state index is 0.0941. The lowest BCUT2D eigenvalue weighted by Crippen LogP contribution is -2.29. The van der Waals surface area contributed by atoms with Crippen LogP contribution in [0, 0.1) is 11.7 Å². The molecule has 0 bridgehead atoms. The molecular weight excluding hydrogens is 213 g/mol. The predicted octanol–water partition coefficient (Wildman–Crippen LogP) is 3.78. The highest BCUT2D eigenvalue weighted by Crippen LogP contribution is 2.09. The Bertz CT molecular complexity index is 322. The molecule has 0 spiro atoms. The first kappa shape index (κ1) is 14.2. The minimum atomic E-state index is -0.0941. The molecule has 1 aromatic carbocycles. The molecule has 0 aliphatic carbocycles. The molecule has 1 N–H and O–H groups in total. The van der Waals surface area contributed by atoms with E-state index >= 15 is 0 Å². The smallest absolute Gasteiger partial charge is 0.126 e. The van der Waals surface area contributed by atoms with Gasteiger partial charge in [0, 0.05) is 6.04 Å². The lowest BCUT2D eigenvalue weighted by atomic mass is 10.1. The number of hydrogen-bond acceptors (Lipinski definition) is 1. The highest BCUT2D eigenvalue weighted by molar-refractivity contribution is 5.18. The molecule has 0 saturated heterocycles. The van der Waals surface area contributed by atoms with E-state index in [0.717, 1.165) is 24.4 Å². The number of nitrogens with one attached hydrogen (secondary N) is 1. The zero-order valence-corrected chi connectivity index (χ0v) is 11.2. The van der Waals surface area contributed by atoms with Crippen molar-refractivity contribution in [1.82, 2.24) is 5.32 Å². The average molecular weight is 237 g/mol. The zero-order valence-electron chi connectivity index (χ0n) is 11.2. The molecule has 1 atom stereocenters. The summed E-state index contributed by atoms with van der Waals surface area (Å²) >= 11 is 0. The van der Waals surface area contributed by atoms with Gasteiger partial charge < -0.3 is 5.32 Å². The summed E-state index contributed by atoms with van der Waals surface area (Å²) in [6, 6.07) is 7.35. The molecule has 0 saturated carbocycles.